The first kappa shape index (κ1) is 26.1. The molecule has 3 amide bonds. The van der Waals surface area contributed by atoms with E-state index in [9.17, 15) is 9.59 Å². The summed E-state index contributed by atoms with van der Waals surface area (Å²) in [6.45, 7) is 7.91. The third kappa shape index (κ3) is 6.43. The quantitative estimate of drug-likeness (QED) is 0.557. The predicted octanol–water partition coefficient (Wildman–Crippen LogP) is 3.19. The van der Waals surface area contributed by atoms with Crippen molar-refractivity contribution in [2.24, 2.45) is 5.10 Å². The zero-order chi connectivity index (χ0) is 25.5. The first-order chi connectivity index (χ1) is 17.5. The van der Waals surface area contributed by atoms with Crippen LogP contribution in [0, 0.1) is 0 Å². The number of hydrazone groups is 1. The molecule has 0 spiro atoms. The lowest BCUT2D eigenvalue weighted by Crippen LogP contribution is -2.50. The van der Waals surface area contributed by atoms with E-state index in [-0.39, 0.29) is 30.6 Å². The molecule has 0 saturated carbocycles. The highest BCUT2D eigenvalue weighted by Gasteiger charge is 2.36. The summed E-state index contributed by atoms with van der Waals surface area (Å²) < 4.78 is 11.0. The van der Waals surface area contributed by atoms with Crippen LogP contribution in [0.4, 0.5) is 4.79 Å². The summed E-state index contributed by atoms with van der Waals surface area (Å²) in [7, 11) is 1.63. The van der Waals surface area contributed by atoms with E-state index in [2.05, 4.69) is 10.2 Å². The Morgan fingerprint density at radius 2 is 2.00 bits per heavy atom. The number of hydrogen-bond donors (Lipinski definition) is 1. The van der Waals surface area contributed by atoms with Crippen LogP contribution in [0.1, 0.15) is 36.8 Å². The van der Waals surface area contributed by atoms with Crippen LogP contribution in [0.2, 0.25) is 0 Å². The van der Waals surface area contributed by atoms with Crippen LogP contribution in [0.5, 0.6) is 5.75 Å². The van der Waals surface area contributed by atoms with Crippen molar-refractivity contribution in [3.05, 3.63) is 52.2 Å². The van der Waals surface area contributed by atoms with Gasteiger partial charge >= 0.3 is 6.03 Å². The first-order valence-corrected chi connectivity index (χ1v) is 13.3. The van der Waals surface area contributed by atoms with Crippen molar-refractivity contribution in [3.63, 3.8) is 0 Å². The number of ether oxygens (including phenoxy) is 2. The van der Waals surface area contributed by atoms with Gasteiger partial charge in [-0.2, -0.15) is 5.10 Å². The summed E-state index contributed by atoms with van der Waals surface area (Å²) in [4.78, 5) is 31.6. The van der Waals surface area contributed by atoms with Crippen LogP contribution in [0.3, 0.4) is 0 Å². The highest BCUT2D eigenvalue weighted by molar-refractivity contribution is 7.12. The van der Waals surface area contributed by atoms with Gasteiger partial charge in [-0.3, -0.25) is 9.69 Å². The van der Waals surface area contributed by atoms with Crippen molar-refractivity contribution in [3.8, 4) is 5.75 Å². The van der Waals surface area contributed by atoms with E-state index in [4.69, 9.17) is 14.6 Å². The topological polar surface area (TPSA) is 86.7 Å². The zero-order valence-corrected chi connectivity index (χ0v) is 22.0. The molecule has 9 nitrogen and oxygen atoms in total. The summed E-state index contributed by atoms with van der Waals surface area (Å²) in [6.07, 6.45) is 0.582. The van der Waals surface area contributed by atoms with Crippen molar-refractivity contribution < 1.29 is 19.1 Å². The Morgan fingerprint density at radius 1 is 1.22 bits per heavy atom. The number of amides is 3. The zero-order valence-electron chi connectivity index (χ0n) is 21.2. The molecule has 3 heterocycles. The molecule has 36 heavy (non-hydrogen) atoms. The number of thiophene rings is 1. The van der Waals surface area contributed by atoms with Gasteiger partial charge in [0.25, 0.3) is 5.91 Å². The number of methoxy groups -OCH3 is 1. The van der Waals surface area contributed by atoms with Crippen LogP contribution in [-0.2, 0) is 9.53 Å². The van der Waals surface area contributed by atoms with Crippen LogP contribution >= 0.6 is 11.3 Å². The minimum absolute atomic E-state index is 0.0324. The molecule has 2 aliphatic rings. The number of hydrogen-bond acceptors (Lipinski definition) is 7. The van der Waals surface area contributed by atoms with E-state index in [0.29, 0.717) is 38.5 Å². The summed E-state index contributed by atoms with van der Waals surface area (Å²) >= 11 is 1.60. The Bertz CT molecular complexity index is 1050. The van der Waals surface area contributed by atoms with Crippen LogP contribution in [-0.4, -0.2) is 91.5 Å². The van der Waals surface area contributed by atoms with Gasteiger partial charge in [0.1, 0.15) is 12.3 Å². The lowest BCUT2D eigenvalue weighted by atomic mass is 10.00. The van der Waals surface area contributed by atoms with Crippen molar-refractivity contribution in [2.75, 3.05) is 53.0 Å². The Labute approximate surface area is 216 Å². The number of carbonyl (C=O) groups excluding carboxylic acids is 2. The molecule has 10 heteroatoms. The Morgan fingerprint density at radius 3 is 2.69 bits per heavy atom. The molecule has 0 radical (unpaired) electrons. The third-order valence-corrected chi connectivity index (χ3v) is 7.20. The van der Waals surface area contributed by atoms with Gasteiger partial charge in [-0.25, -0.2) is 9.80 Å². The number of rotatable bonds is 9. The fourth-order valence-electron chi connectivity index (χ4n) is 4.43. The fourth-order valence-corrected chi connectivity index (χ4v) is 5.15. The number of carbonyl (C=O) groups is 2. The number of morpholine rings is 1. The number of benzene rings is 1. The van der Waals surface area contributed by atoms with Gasteiger partial charge in [0.15, 0.2) is 0 Å². The van der Waals surface area contributed by atoms with E-state index in [1.807, 2.05) is 55.6 Å². The predicted molar refractivity (Wildman–Crippen MR) is 141 cm³/mol. The minimum Gasteiger partial charge on any atom is -0.496 e. The van der Waals surface area contributed by atoms with Gasteiger partial charge < -0.3 is 19.7 Å². The van der Waals surface area contributed by atoms with E-state index < -0.39 is 0 Å². The SMILES string of the molecule is COc1ccccc1C1CC(c2cccs2)=NN1C(=O)CN(CCN1CCOCC1)C(=O)NC(C)C. The molecule has 1 fully saturated rings. The maximum Gasteiger partial charge on any atom is 0.318 e. The van der Waals surface area contributed by atoms with Gasteiger partial charge in [0, 0.05) is 44.2 Å². The van der Waals surface area contributed by atoms with Crippen LogP contribution in [0.15, 0.2) is 46.9 Å². The molecule has 1 unspecified atom stereocenters. The number of urea groups is 1. The second-order valence-electron chi connectivity index (χ2n) is 9.20. The Kier molecular flexibility index (Phi) is 8.95. The van der Waals surface area contributed by atoms with E-state index in [1.54, 1.807) is 23.3 Å². The molecule has 2 aromatic rings. The maximum absolute atomic E-state index is 13.7. The molecule has 0 aliphatic carbocycles. The molecule has 4 rings (SSSR count). The van der Waals surface area contributed by atoms with Crippen molar-refractivity contribution >= 4 is 29.0 Å². The van der Waals surface area contributed by atoms with Gasteiger partial charge in [-0.05, 0) is 31.4 Å². The molecule has 1 aromatic carbocycles. The van der Waals surface area contributed by atoms with E-state index in [1.165, 1.54) is 5.01 Å². The van der Waals surface area contributed by atoms with Crippen LogP contribution in [0.25, 0.3) is 0 Å². The molecule has 0 bridgehead atoms. The molecular weight excluding hydrogens is 478 g/mol. The standard InChI is InChI=1S/C26H35N5O4S/c1-19(2)27-26(33)30(11-10-29-12-14-35-15-13-29)18-25(32)31-22(20-7-4-5-8-23(20)34-3)17-21(28-31)24-9-6-16-36-24/h4-9,16,19,22H,10-15,17-18H2,1-3H3,(H,27,33). The van der Waals surface area contributed by atoms with Gasteiger partial charge in [0.05, 0.1) is 37.0 Å². The molecule has 1 atom stereocenters. The minimum atomic E-state index is -0.306. The maximum atomic E-state index is 13.7. The number of para-hydroxylation sites is 1. The van der Waals surface area contributed by atoms with Gasteiger partial charge in [-0.15, -0.1) is 11.3 Å². The largest absolute Gasteiger partial charge is 0.496 e. The van der Waals surface area contributed by atoms with Gasteiger partial charge in [-0.1, -0.05) is 24.3 Å². The van der Waals surface area contributed by atoms with E-state index in [0.717, 1.165) is 29.2 Å². The monoisotopic (exact) mass is 513 g/mol. The lowest BCUT2D eigenvalue weighted by Gasteiger charge is -2.31. The van der Waals surface area contributed by atoms with Crippen molar-refractivity contribution in [1.82, 2.24) is 20.1 Å². The highest BCUT2D eigenvalue weighted by Crippen LogP contribution is 2.38. The molecule has 1 saturated heterocycles. The lowest BCUT2D eigenvalue weighted by molar-refractivity contribution is -0.133. The number of nitrogens with one attached hydrogen (secondary N) is 1. The molecular formula is C26H35N5O4S. The summed E-state index contributed by atoms with van der Waals surface area (Å²) in [6, 6.07) is 11.1. The Balaban J connectivity index is 1.55. The third-order valence-electron chi connectivity index (χ3n) is 6.28. The summed E-state index contributed by atoms with van der Waals surface area (Å²) in [5.74, 6) is 0.489. The first-order valence-electron chi connectivity index (χ1n) is 12.4. The van der Waals surface area contributed by atoms with Gasteiger partial charge in [0.2, 0.25) is 0 Å². The smallest absolute Gasteiger partial charge is 0.318 e. The van der Waals surface area contributed by atoms with Crippen molar-refractivity contribution in [2.45, 2.75) is 32.4 Å². The summed E-state index contributed by atoms with van der Waals surface area (Å²) in [5, 5.41) is 11.2. The molecule has 1 aromatic heterocycles. The Hall–Kier alpha value is -2.95. The number of nitrogens with zero attached hydrogens (tertiary/aromatic N) is 4. The fraction of sp³-hybridized carbons (Fsp3) is 0.500. The second-order valence-corrected chi connectivity index (χ2v) is 10.2. The average Bonchev–Trinajstić information content (AvgIpc) is 3.57. The van der Waals surface area contributed by atoms with E-state index >= 15 is 0 Å². The van der Waals surface area contributed by atoms with Crippen LogP contribution < -0.4 is 10.1 Å². The molecule has 194 valence electrons. The second kappa shape index (κ2) is 12.3. The molecule has 2 aliphatic heterocycles. The highest BCUT2D eigenvalue weighted by atomic mass is 32.1. The normalized spacial score (nSPS) is 18.3. The van der Waals surface area contributed by atoms with Crippen molar-refractivity contribution in [1.29, 1.82) is 0 Å². The summed E-state index contributed by atoms with van der Waals surface area (Å²) in [5.41, 5.74) is 1.76. The molecule has 1 N–H and O–H groups in total. The average molecular weight is 514 g/mol.